The third-order valence-corrected chi connectivity index (χ3v) is 7.29. The lowest BCUT2D eigenvalue weighted by atomic mass is 9.49. The highest BCUT2D eigenvalue weighted by Crippen LogP contribution is 2.62. The Balaban J connectivity index is 1.54. The Morgan fingerprint density at radius 1 is 1.00 bits per heavy atom. The zero-order valence-corrected chi connectivity index (χ0v) is 16.8. The first-order valence-corrected chi connectivity index (χ1v) is 10.7. The van der Waals surface area contributed by atoms with Gasteiger partial charge in [-0.05, 0) is 86.3 Å². The van der Waals surface area contributed by atoms with Crippen molar-refractivity contribution in [1.82, 2.24) is 0 Å². The van der Waals surface area contributed by atoms with Gasteiger partial charge in [0, 0.05) is 5.41 Å². The van der Waals surface area contributed by atoms with E-state index < -0.39 is 19.1 Å². The van der Waals surface area contributed by atoms with E-state index in [9.17, 15) is 13.2 Å². The van der Waals surface area contributed by atoms with E-state index in [1.807, 2.05) is 24.3 Å². The van der Waals surface area contributed by atoms with Crippen LogP contribution >= 0.6 is 0 Å². The van der Waals surface area contributed by atoms with Crippen LogP contribution in [0.3, 0.4) is 0 Å². The molecule has 2 atom stereocenters. The molecule has 0 radical (unpaired) electrons. The van der Waals surface area contributed by atoms with Gasteiger partial charge in [-0.25, -0.2) is 0 Å². The van der Waals surface area contributed by atoms with Crippen LogP contribution in [0.25, 0.3) is 0 Å². The van der Waals surface area contributed by atoms with Crippen LogP contribution < -0.4 is 4.74 Å². The molecule has 4 aliphatic rings. The second-order valence-corrected chi connectivity index (χ2v) is 9.53. The van der Waals surface area contributed by atoms with Crippen molar-refractivity contribution in [1.29, 1.82) is 0 Å². The van der Waals surface area contributed by atoms with Gasteiger partial charge < -0.3 is 9.47 Å². The monoisotopic (exact) mass is 396 g/mol. The smallest absolute Gasteiger partial charge is 0.411 e. The molecule has 2 nitrogen and oxygen atoms in total. The Labute approximate surface area is 165 Å². The first-order valence-electron chi connectivity index (χ1n) is 10.7. The molecule has 5 heteroatoms. The van der Waals surface area contributed by atoms with E-state index in [0.717, 1.165) is 25.7 Å². The van der Waals surface area contributed by atoms with Crippen molar-refractivity contribution in [2.45, 2.75) is 77.2 Å². The molecule has 5 rings (SSSR count). The number of hydrogen-bond acceptors (Lipinski definition) is 2. The summed E-state index contributed by atoms with van der Waals surface area (Å²) in [5, 5.41) is 0. The zero-order valence-electron chi connectivity index (χ0n) is 16.8. The second kappa shape index (κ2) is 7.55. The fraction of sp³-hybridized carbons (Fsp3) is 0.739. The number of halogens is 3. The quantitative estimate of drug-likeness (QED) is 0.478. The van der Waals surface area contributed by atoms with Crippen LogP contribution in [0, 0.1) is 23.2 Å². The van der Waals surface area contributed by atoms with E-state index >= 15 is 0 Å². The van der Waals surface area contributed by atoms with Crippen LogP contribution in [0.2, 0.25) is 0 Å². The summed E-state index contributed by atoms with van der Waals surface area (Å²) in [6, 6.07) is 7.80. The Morgan fingerprint density at radius 2 is 1.54 bits per heavy atom. The predicted octanol–water partition coefficient (Wildman–Crippen LogP) is 6.70. The highest BCUT2D eigenvalue weighted by Gasteiger charge is 2.56. The highest BCUT2D eigenvalue weighted by molar-refractivity contribution is 5.29. The first kappa shape index (κ1) is 20.1. The lowest BCUT2D eigenvalue weighted by molar-refractivity contribution is -0.260. The fourth-order valence-corrected chi connectivity index (χ4v) is 6.21. The maximum atomic E-state index is 12.9. The molecular formula is C23H31F3O2. The van der Waals surface area contributed by atoms with E-state index in [1.54, 1.807) is 0 Å². The first-order chi connectivity index (χ1) is 13.3. The molecule has 4 fully saturated rings. The number of alkyl halides is 3. The topological polar surface area (TPSA) is 18.5 Å². The van der Waals surface area contributed by atoms with Crippen LogP contribution in [0.15, 0.2) is 24.3 Å². The van der Waals surface area contributed by atoms with Gasteiger partial charge in [0.2, 0.25) is 6.29 Å². The van der Waals surface area contributed by atoms with Gasteiger partial charge >= 0.3 is 6.18 Å². The van der Waals surface area contributed by atoms with Crippen molar-refractivity contribution in [3.8, 4) is 5.75 Å². The van der Waals surface area contributed by atoms with Crippen LogP contribution in [0.5, 0.6) is 5.75 Å². The third kappa shape index (κ3) is 4.19. The van der Waals surface area contributed by atoms with Gasteiger partial charge in [-0.2, -0.15) is 13.2 Å². The molecule has 0 heterocycles. The maximum Gasteiger partial charge on any atom is 0.411 e. The molecule has 0 spiro atoms. The van der Waals surface area contributed by atoms with Crippen LogP contribution in [-0.2, 0) is 4.74 Å². The summed E-state index contributed by atoms with van der Waals surface area (Å²) in [5.41, 5.74) is 0.951. The fourth-order valence-electron chi connectivity index (χ4n) is 6.21. The van der Waals surface area contributed by atoms with Crippen LogP contribution in [0.1, 0.15) is 70.3 Å². The van der Waals surface area contributed by atoms with E-state index in [4.69, 9.17) is 9.47 Å². The van der Waals surface area contributed by atoms with E-state index in [0.29, 0.717) is 29.4 Å². The number of ether oxygens (including phenoxy) is 2. The van der Waals surface area contributed by atoms with E-state index in [-0.39, 0.29) is 5.41 Å². The van der Waals surface area contributed by atoms with Gasteiger partial charge in [-0.15, -0.1) is 0 Å². The molecular weight excluding hydrogens is 365 g/mol. The summed E-state index contributed by atoms with van der Waals surface area (Å²) in [6.07, 6.45) is 2.39. The lowest BCUT2D eigenvalue weighted by Crippen LogP contribution is -2.54. The SMILES string of the molecule is CCC(C)c1ccc(OC(OCC(F)(F)F)C23CC4CC(CC(C4)C2)C3)cc1. The molecule has 1 aromatic carbocycles. The molecule has 0 amide bonds. The largest absolute Gasteiger partial charge is 0.464 e. The zero-order chi connectivity index (χ0) is 19.9. The molecule has 0 aliphatic heterocycles. The van der Waals surface area contributed by atoms with Crippen molar-refractivity contribution in [2.75, 3.05) is 6.61 Å². The van der Waals surface area contributed by atoms with E-state index in [2.05, 4.69) is 13.8 Å². The molecule has 0 N–H and O–H groups in total. The minimum Gasteiger partial charge on any atom is -0.464 e. The molecule has 4 bridgehead atoms. The third-order valence-electron chi connectivity index (χ3n) is 7.29. The second-order valence-electron chi connectivity index (χ2n) is 9.53. The molecule has 156 valence electrons. The van der Waals surface area contributed by atoms with Crippen molar-refractivity contribution in [3.05, 3.63) is 29.8 Å². The molecule has 1 aromatic rings. The summed E-state index contributed by atoms with van der Waals surface area (Å²) < 4.78 is 50.4. The van der Waals surface area contributed by atoms with Gasteiger partial charge in [0.25, 0.3) is 0 Å². The van der Waals surface area contributed by atoms with E-state index in [1.165, 1.54) is 24.8 Å². The molecule has 0 aromatic heterocycles. The predicted molar refractivity (Wildman–Crippen MR) is 102 cm³/mol. The van der Waals surface area contributed by atoms with Gasteiger partial charge in [-0.1, -0.05) is 26.0 Å². The Kier molecular flexibility index (Phi) is 5.41. The Bertz CT molecular complexity index is 632. The summed E-state index contributed by atoms with van der Waals surface area (Å²) in [7, 11) is 0. The lowest BCUT2D eigenvalue weighted by Gasteiger charge is -2.58. The molecule has 4 aliphatic carbocycles. The summed E-state index contributed by atoms with van der Waals surface area (Å²) in [4.78, 5) is 0. The molecule has 28 heavy (non-hydrogen) atoms. The minimum atomic E-state index is -4.34. The standard InChI is InChI=1S/C23H31F3O2/c1-3-15(2)19-4-6-20(7-5-19)28-21(27-14-23(24,25)26)22-11-16-8-17(12-22)10-18(9-16)13-22/h4-7,15-18,21H,3,8-14H2,1-2H3. The number of hydrogen-bond donors (Lipinski definition) is 0. The summed E-state index contributed by atoms with van der Waals surface area (Å²) in [6.45, 7) is 3.06. The van der Waals surface area contributed by atoms with Crippen molar-refractivity contribution >= 4 is 0 Å². The van der Waals surface area contributed by atoms with Gasteiger partial charge in [-0.3, -0.25) is 0 Å². The van der Waals surface area contributed by atoms with Crippen molar-refractivity contribution in [3.63, 3.8) is 0 Å². The van der Waals surface area contributed by atoms with Crippen LogP contribution in [-0.4, -0.2) is 19.1 Å². The average Bonchev–Trinajstić information content (AvgIpc) is 2.63. The van der Waals surface area contributed by atoms with Crippen LogP contribution in [0.4, 0.5) is 13.2 Å². The molecule has 0 saturated heterocycles. The highest BCUT2D eigenvalue weighted by atomic mass is 19.4. The number of benzene rings is 1. The number of rotatable bonds is 7. The van der Waals surface area contributed by atoms with Gasteiger partial charge in [0.15, 0.2) is 0 Å². The normalized spacial score (nSPS) is 33.7. The summed E-state index contributed by atoms with van der Waals surface area (Å²) in [5.74, 6) is 2.93. The minimum absolute atomic E-state index is 0.268. The van der Waals surface area contributed by atoms with Crippen molar-refractivity contribution in [2.24, 2.45) is 23.2 Å². The van der Waals surface area contributed by atoms with Gasteiger partial charge in [0.1, 0.15) is 12.4 Å². The molecule has 4 saturated carbocycles. The summed E-state index contributed by atoms with van der Waals surface area (Å²) >= 11 is 0. The van der Waals surface area contributed by atoms with Crippen molar-refractivity contribution < 1.29 is 22.6 Å². The average molecular weight is 396 g/mol. The Hall–Kier alpha value is -1.23. The molecule has 2 unspecified atom stereocenters. The van der Waals surface area contributed by atoms with Gasteiger partial charge in [0.05, 0.1) is 0 Å². The maximum absolute atomic E-state index is 12.9. The Morgan fingerprint density at radius 3 is 2.00 bits per heavy atom.